The smallest absolute Gasteiger partial charge is 0.296 e. The van der Waals surface area contributed by atoms with Gasteiger partial charge in [0.1, 0.15) is 0 Å². The van der Waals surface area contributed by atoms with E-state index >= 15 is 0 Å². The second-order valence-corrected chi connectivity index (χ2v) is 3.74. The highest BCUT2D eigenvalue weighted by atomic mass is 35.5. The molecule has 1 aromatic carbocycles. The first-order valence-electron chi connectivity index (χ1n) is 4.17. The van der Waals surface area contributed by atoms with Gasteiger partial charge in [0.25, 0.3) is 11.7 Å². The number of ketones is 1. The minimum atomic E-state index is -0.575. The zero-order valence-electron chi connectivity index (χ0n) is 7.77. The Labute approximate surface area is 86.1 Å². The topological polar surface area (TPSA) is 46.2 Å². The Bertz CT molecular complexity index is 466. The second kappa shape index (κ2) is 2.82. The molecule has 0 saturated carbocycles. The molecule has 14 heavy (non-hydrogen) atoms. The maximum absolute atomic E-state index is 11.5. The van der Waals surface area contributed by atoms with E-state index in [1.165, 1.54) is 0 Å². The van der Waals surface area contributed by atoms with Crippen LogP contribution in [0.1, 0.15) is 21.5 Å². The fourth-order valence-electron chi connectivity index (χ4n) is 1.60. The quantitative estimate of drug-likeness (QED) is 0.665. The fraction of sp³-hybridized carbons (Fsp3) is 0.200. The molecular weight excluding hydrogens is 202 g/mol. The lowest BCUT2D eigenvalue weighted by atomic mass is 10.0. The molecule has 72 valence electrons. The molecule has 0 radical (unpaired) electrons. The molecule has 0 unspecified atom stereocenters. The van der Waals surface area contributed by atoms with Gasteiger partial charge in [-0.25, -0.2) is 0 Å². The number of nitrogens with one attached hydrogen (secondary N) is 1. The summed E-state index contributed by atoms with van der Waals surface area (Å²) in [6, 6.07) is 1.74. The van der Waals surface area contributed by atoms with Gasteiger partial charge in [0.15, 0.2) is 0 Å². The molecule has 0 atom stereocenters. The van der Waals surface area contributed by atoms with E-state index in [4.69, 9.17) is 11.6 Å². The first-order valence-corrected chi connectivity index (χ1v) is 4.55. The fourth-order valence-corrected chi connectivity index (χ4v) is 1.86. The number of hydrogen-bond acceptors (Lipinski definition) is 2. The predicted molar refractivity (Wildman–Crippen MR) is 53.9 cm³/mol. The third-order valence-corrected chi connectivity index (χ3v) is 2.79. The average molecular weight is 210 g/mol. The van der Waals surface area contributed by atoms with Gasteiger partial charge in [0, 0.05) is 5.02 Å². The van der Waals surface area contributed by atoms with Gasteiger partial charge in [0.2, 0.25) is 0 Å². The molecule has 2 rings (SSSR count). The first kappa shape index (κ1) is 9.21. The summed E-state index contributed by atoms with van der Waals surface area (Å²) < 4.78 is 0. The summed E-state index contributed by atoms with van der Waals surface area (Å²) in [5.74, 6) is -1.07. The largest absolute Gasteiger partial charge is 0.318 e. The molecule has 0 fully saturated rings. The van der Waals surface area contributed by atoms with Crippen molar-refractivity contribution in [1.29, 1.82) is 0 Å². The van der Waals surface area contributed by atoms with E-state index in [1.807, 2.05) is 6.92 Å². The number of halogens is 1. The van der Waals surface area contributed by atoms with Crippen LogP contribution >= 0.6 is 11.6 Å². The van der Waals surface area contributed by atoms with E-state index in [0.29, 0.717) is 21.8 Å². The first-order chi connectivity index (χ1) is 6.52. The van der Waals surface area contributed by atoms with Gasteiger partial charge >= 0.3 is 0 Å². The van der Waals surface area contributed by atoms with Crippen LogP contribution in [-0.4, -0.2) is 11.7 Å². The summed E-state index contributed by atoms with van der Waals surface area (Å²) in [7, 11) is 0. The molecule has 4 heteroatoms. The van der Waals surface area contributed by atoms with Gasteiger partial charge in [-0.2, -0.15) is 0 Å². The third-order valence-electron chi connectivity index (χ3n) is 2.39. The van der Waals surface area contributed by atoms with Gasteiger partial charge in [0.05, 0.1) is 11.3 Å². The lowest BCUT2D eigenvalue weighted by molar-refractivity contribution is -0.112. The number of carbonyl (C=O) groups is 2. The maximum atomic E-state index is 11.5. The Balaban J connectivity index is 2.80. The van der Waals surface area contributed by atoms with Crippen LogP contribution < -0.4 is 5.32 Å². The Morgan fingerprint density at radius 2 is 1.93 bits per heavy atom. The molecule has 0 saturated heterocycles. The average Bonchev–Trinajstić information content (AvgIpc) is 2.41. The van der Waals surface area contributed by atoms with Crippen molar-refractivity contribution in [2.75, 3.05) is 5.32 Å². The van der Waals surface area contributed by atoms with Crippen LogP contribution in [0.4, 0.5) is 5.69 Å². The van der Waals surface area contributed by atoms with Crippen molar-refractivity contribution in [3.63, 3.8) is 0 Å². The molecule has 1 aliphatic heterocycles. The molecule has 0 aromatic heterocycles. The summed E-state index contributed by atoms with van der Waals surface area (Å²) in [6.07, 6.45) is 0. The lowest BCUT2D eigenvalue weighted by Crippen LogP contribution is -2.12. The highest BCUT2D eigenvalue weighted by Gasteiger charge is 2.31. The lowest BCUT2D eigenvalue weighted by Gasteiger charge is -2.06. The molecule has 0 aliphatic carbocycles. The van der Waals surface area contributed by atoms with Crippen LogP contribution in [0, 0.1) is 13.8 Å². The van der Waals surface area contributed by atoms with E-state index < -0.39 is 11.7 Å². The molecule has 0 bridgehead atoms. The van der Waals surface area contributed by atoms with E-state index in [2.05, 4.69) is 5.32 Å². The van der Waals surface area contributed by atoms with Crippen LogP contribution in [-0.2, 0) is 4.79 Å². The van der Waals surface area contributed by atoms with Gasteiger partial charge in [-0.3, -0.25) is 9.59 Å². The number of aryl methyl sites for hydroxylation is 1. The number of rotatable bonds is 0. The number of carbonyl (C=O) groups excluding carboxylic acids is 2. The summed E-state index contributed by atoms with van der Waals surface area (Å²) >= 11 is 5.92. The minimum absolute atomic E-state index is 0.417. The van der Waals surface area contributed by atoms with Crippen LogP contribution in [0.25, 0.3) is 0 Å². The van der Waals surface area contributed by atoms with Crippen LogP contribution in [0.5, 0.6) is 0 Å². The van der Waals surface area contributed by atoms with Crippen molar-refractivity contribution in [3.05, 3.63) is 27.8 Å². The summed E-state index contributed by atoms with van der Waals surface area (Å²) in [5.41, 5.74) is 2.49. The van der Waals surface area contributed by atoms with Crippen LogP contribution in [0.3, 0.4) is 0 Å². The SMILES string of the molecule is Cc1cc(Cl)c(C)c2c1NC(=O)C2=O. The van der Waals surface area contributed by atoms with Gasteiger partial charge in [-0.15, -0.1) is 0 Å². The monoisotopic (exact) mass is 209 g/mol. The molecule has 1 amide bonds. The number of fused-ring (bicyclic) bond motifs is 1. The number of benzene rings is 1. The van der Waals surface area contributed by atoms with E-state index in [9.17, 15) is 9.59 Å². The van der Waals surface area contributed by atoms with Gasteiger partial charge in [-0.05, 0) is 31.0 Å². The molecule has 1 aromatic rings. The van der Waals surface area contributed by atoms with E-state index in [1.54, 1.807) is 13.0 Å². The van der Waals surface area contributed by atoms with E-state index in [0.717, 1.165) is 5.56 Å². The van der Waals surface area contributed by atoms with Crippen molar-refractivity contribution in [2.24, 2.45) is 0 Å². The van der Waals surface area contributed by atoms with Crippen molar-refractivity contribution in [3.8, 4) is 0 Å². The molecule has 1 heterocycles. The Kier molecular flexibility index (Phi) is 1.86. The molecule has 0 spiro atoms. The maximum Gasteiger partial charge on any atom is 0.296 e. The van der Waals surface area contributed by atoms with E-state index in [-0.39, 0.29) is 0 Å². The van der Waals surface area contributed by atoms with Crippen LogP contribution in [0.15, 0.2) is 6.07 Å². The number of hydrogen-bond donors (Lipinski definition) is 1. The third kappa shape index (κ3) is 1.06. The van der Waals surface area contributed by atoms with Crippen molar-refractivity contribution < 1.29 is 9.59 Å². The molecule has 3 nitrogen and oxygen atoms in total. The second-order valence-electron chi connectivity index (χ2n) is 3.33. The predicted octanol–water partition coefficient (Wildman–Crippen LogP) is 2.09. The summed E-state index contributed by atoms with van der Waals surface area (Å²) in [6.45, 7) is 3.54. The van der Waals surface area contributed by atoms with Crippen molar-refractivity contribution >= 4 is 29.0 Å². The number of Topliss-reactive ketones (excluding diaryl/α,β-unsaturated/α-hetero) is 1. The zero-order valence-corrected chi connectivity index (χ0v) is 8.53. The Morgan fingerprint density at radius 1 is 1.29 bits per heavy atom. The van der Waals surface area contributed by atoms with Crippen LogP contribution in [0.2, 0.25) is 5.02 Å². The normalized spacial score (nSPS) is 14.2. The zero-order chi connectivity index (χ0) is 10.5. The van der Waals surface area contributed by atoms with Gasteiger partial charge < -0.3 is 5.32 Å². The molecule has 1 N–H and O–H groups in total. The highest BCUT2D eigenvalue weighted by molar-refractivity contribution is 6.52. The summed E-state index contributed by atoms with van der Waals surface area (Å²) in [5, 5.41) is 3.06. The highest BCUT2D eigenvalue weighted by Crippen LogP contribution is 2.33. The van der Waals surface area contributed by atoms with Crippen molar-refractivity contribution in [1.82, 2.24) is 0 Å². The summed E-state index contributed by atoms with van der Waals surface area (Å²) in [4.78, 5) is 22.6. The number of anilines is 1. The molecule has 1 aliphatic rings. The number of amides is 1. The van der Waals surface area contributed by atoms with Gasteiger partial charge in [-0.1, -0.05) is 11.6 Å². The minimum Gasteiger partial charge on any atom is -0.318 e. The Hall–Kier alpha value is -1.35. The van der Waals surface area contributed by atoms with Crippen molar-refractivity contribution in [2.45, 2.75) is 13.8 Å². The Morgan fingerprint density at radius 3 is 2.57 bits per heavy atom. The standard InChI is InChI=1S/C10H8ClNO2/c1-4-3-6(11)5(2)7-8(4)12-10(14)9(7)13/h3H,1-2H3,(H,12,13,14). The molecular formula is C10H8ClNO2.